The smallest absolute Gasteiger partial charge is 0.241 e. The van der Waals surface area contributed by atoms with Crippen molar-refractivity contribution in [3.63, 3.8) is 0 Å². The van der Waals surface area contributed by atoms with Gasteiger partial charge >= 0.3 is 0 Å². The first kappa shape index (κ1) is 17.8. The minimum atomic E-state index is 0.633. The van der Waals surface area contributed by atoms with E-state index in [1.54, 1.807) is 6.20 Å². The standard InChI is InChI=1S/C21H25N5O/c1-14-10-15(2)12-26(11-14)13-20-24-21(25-27-20)18-6-4-17(5-7-18)19-8-9-22-16(3)23-19/h4-9,14-15H,10-13H2,1-3H3/t14-,15+. The van der Waals surface area contributed by atoms with E-state index in [0.29, 0.717) is 23.6 Å². The van der Waals surface area contributed by atoms with Gasteiger partial charge in [0.05, 0.1) is 12.2 Å². The predicted octanol–water partition coefficient (Wildman–Crippen LogP) is 3.98. The summed E-state index contributed by atoms with van der Waals surface area (Å²) in [5.74, 6) is 3.51. The highest BCUT2D eigenvalue weighted by atomic mass is 16.5. The number of nitrogens with zero attached hydrogens (tertiary/aromatic N) is 5. The van der Waals surface area contributed by atoms with Crippen LogP contribution in [0.15, 0.2) is 41.1 Å². The number of piperidine rings is 1. The van der Waals surface area contributed by atoms with Gasteiger partial charge in [-0.1, -0.05) is 43.3 Å². The first-order valence-corrected chi connectivity index (χ1v) is 9.52. The topological polar surface area (TPSA) is 67.9 Å². The second-order valence-electron chi connectivity index (χ2n) is 7.72. The Morgan fingerprint density at radius 1 is 1.00 bits per heavy atom. The highest BCUT2D eigenvalue weighted by Gasteiger charge is 2.23. The summed E-state index contributed by atoms with van der Waals surface area (Å²) < 4.78 is 5.50. The Morgan fingerprint density at radius 3 is 2.41 bits per heavy atom. The summed E-state index contributed by atoms with van der Waals surface area (Å²) in [6, 6.07) is 9.98. The minimum Gasteiger partial charge on any atom is -0.338 e. The van der Waals surface area contributed by atoms with E-state index in [4.69, 9.17) is 4.52 Å². The number of likely N-dealkylation sites (tertiary alicyclic amines) is 1. The molecule has 0 N–H and O–H groups in total. The van der Waals surface area contributed by atoms with Crippen molar-refractivity contribution in [2.24, 2.45) is 11.8 Å². The van der Waals surface area contributed by atoms with Crippen LogP contribution < -0.4 is 0 Å². The molecule has 1 fully saturated rings. The molecule has 3 aromatic rings. The van der Waals surface area contributed by atoms with E-state index in [9.17, 15) is 0 Å². The molecule has 1 saturated heterocycles. The lowest BCUT2D eigenvalue weighted by molar-refractivity contribution is 0.121. The number of aromatic nitrogens is 4. The first-order valence-electron chi connectivity index (χ1n) is 9.52. The monoisotopic (exact) mass is 363 g/mol. The van der Waals surface area contributed by atoms with Gasteiger partial charge in [-0.05, 0) is 31.2 Å². The molecule has 0 amide bonds. The van der Waals surface area contributed by atoms with Gasteiger partial charge in [0, 0.05) is 30.4 Å². The molecule has 1 aromatic carbocycles. The highest BCUT2D eigenvalue weighted by Crippen LogP contribution is 2.24. The van der Waals surface area contributed by atoms with E-state index < -0.39 is 0 Å². The summed E-state index contributed by atoms with van der Waals surface area (Å²) in [5.41, 5.74) is 2.90. The van der Waals surface area contributed by atoms with Gasteiger partial charge in [-0.25, -0.2) is 9.97 Å². The third-order valence-corrected chi connectivity index (χ3v) is 4.99. The molecule has 0 saturated carbocycles. The summed E-state index contributed by atoms with van der Waals surface area (Å²) in [5, 5.41) is 4.17. The molecule has 1 aliphatic rings. The van der Waals surface area contributed by atoms with Crippen LogP contribution in [0.25, 0.3) is 22.6 Å². The van der Waals surface area contributed by atoms with Crippen molar-refractivity contribution < 1.29 is 4.52 Å². The molecule has 27 heavy (non-hydrogen) atoms. The third kappa shape index (κ3) is 4.22. The average molecular weight is 363 g/mol. The Labute approximate surface area is 159 Å². The Kier molecular flexibility index (Phi) is 4.99. The van der Waals surface area contributed by atoms with Crippen molar-refractivity contribution >= 4 is 0 Å². The molecular formula is C21H25N5O. The molecular weight excluding hydrogens is 338 g/mol. The Morgan fingerprint density at radius 2 is 1.70 bits per heavy atom. The van der Waals surface area contributed by atoms with E-state index in [2.05, 4.69) is 38.9 Å². The number of rotatable bonds is 4. The second-order valence-corrected chi connectivity index (χ2v) is 7.72. The van der Waals surface area contributed by atoms with Crippen LogP contribution in [0.4, 0.5) is 0 Å². The maximum atomic E-state index is 5.50. The largest absolute Gasteiger partial charge is 0.338 e. The average Bonchev–Trinajstić information content (AvgIpc) is 3.09. The fraction of sp³-hybridized carbons (Fsp3) is 0.429. The molecule has 0 spiro atoms. The van der Waals surface area contributed by atoms with Crippen LogP contribution in [0.3, 0.4) is 0 Å². The van der Waals surface area contributed by atoms with Crippen molar-refractivity contribution in [1.29, 1.82) is 0 Å². The minimum absolute atomic E-state index is 0.633. The van der Waals surface area contributed by atoms with E-state index >= 15 is 0 Å². The quantitative estimate of drug-likeness (QED) is 0.698. The predicted molar refractivity (Wildman–Crippen MR) is 104 cm³/mol. The lowest BCUT2D eigenvalue weighted by Gasteiger charge is -2.33. The summed E-state index contributed by atoms with van der Waals surface area (Å²) in [6.07, 6.45) is 3.07. The van der Waals surface area contributed by atoms with Crippen LogP contribution in [0, 0.1) is 18.8 Å². The van der Waals surface area contributed by atoms with Crippen molar-refractivity contribution in [2.45, 2.75) is 33.7 Å². The molecule has 0 bridgehead atoms. The zero-order valence-electron chi connectivity index (χ0n) is 16.1. The van der Waals surface area contributed by atoms with Gasteiger partial charge < -0.3 is 4.52 Å². The van der Waals surface area contributed by atoms with Gasteiger partial charge in [0.25, 0.3) is 0 Å². The van der Waals surface area contributed by atoms with E-state index in [-0.39, 0.29) is 0 Å². The molecule has 2 aromatic heterocycles. The SMILES string of the molecule is Cc1nccc(-c2ccc(-c3noc(CN4C[C@H](C)C[C@H](C)C4)n3)cc2)n1. The maximum Gasteiger partial charge on any atom is 0.241 e. The van der Waals surface area contributed by atoms with Crippen LogP contribution in [-0.2, 0) is 6.54 Å². The fourth-order valence-corrected chi connectivity index (χ4v) is 3.96. The van der Waals surface area contributed by atoms with Gasteiger partial charge in [0.2, 0.25) is 11.7 Å². The molecule has 0 unspecified atom stereocenters. The van der Waals surface area contributed by atoms with Crippen molar-refractivity contribution in [3.8, 4) is 22.6 Å². The molecule has 0 radical (unpaired) electrons. The molecule has 4 rings (SSSR count). The normalized spacial score (nSPS) is 20.7. The summed E-state index contributed by atoms with van der Waals surface area (Å²) in [6.45, 7) is 9.41. The lowest BCUT2D eigenvalue weighted by Crippen LogP contribution is -2.38. The molecule has 3 heterocycles. The van der Waals surface area contributed by atoms with E-state index in [1.807, 2.05) is 37.3 Å². The third-order valence-electron chi connectivity index (χ3n) is 4.99. The van der Waals surface area contributed by atoms with Gasteiger partial charge in [0.1, 0.15) is 5.82 Å². The van der Waals surface area contributed by atoms with E-state index in [1.165, 1.54) is 6.42 Å². The van der Waals surface area contributed by atoms with Crippen molar-refractivity contribution in [3.05, 3.63) is 48.2 Å². The zero-order valence-corrected chi connectivity index (χ0v) is 16.1. The summed E-state index contributed by atoms with van der Waals surface area (Å²) >= 11 is 0. The van der Waals surface area contributed by atoms with Gasteiger partial charge in [-0.3, -0.25) is 4.90 Å². The van der Waals surface area contributed by atoms with Crippen LogP contribution in [-0.4, -0.2) is 38.1 Å². The summed E-state index contributed by atoms with van der Waals surface area (Å²) in [4.78, 5) is 15.6. The molecule has 2 atom stereocenters. The van der Waals surface area contributed by atoms with Gasteiger partial charge in [0.15, 0.2) is 0 Å². The first-order chi connectivity index (χ1) is 13.1. The van der Waals surface area contributed by atoms with Crippen LogP contribution in [0.2, 0.25) is 0 Å². The maximum absolute atomic E-state index is 5.50. The Hall–Kier alpha value is -2.60. The van der Waals surface area contributed by atoms with Gasteiger partial charge in [-0.15, -0.1) is 0 Å². The number of benzene rings is 1. The lowest BCUT2D eigenvalue weighted by atomic mass is 9.92. The molecule has 0 aliphatic carbocycles. The highest BCUT2D eigenvalue weighted by molar-refractivity contribution is 5.64. The number of hydrogen-bond donors (Lipinski definition) is 0. The Bertz CT molecular complexity index is 895. The van der Waals surface area contributed by atoms with Gasteiger partial charge in [-0.2, -0.15) is 4.98 Å². The fourth-order valence-electron chi connectivity index (χ4n) is 3.96. The van der Waals surface area contributed by atoms with Crippen LogP contribution in [0.1, 0.15) is 32.0 Å². The summed E-state index contributed by atoms with van der Waals surface area (Å²) in [7, 11) is 0. The zero-order chi connectivity index (χ0) is 18.8. The van der Waals surface area contributed by atoms with Crippen molar-refractivity contribution in [1.82, 2.24) is 25.0 Å². The Balaban J connectivity index is 1.47. The molecule has 1 aliphatic heterocycles. The molecule has 6 nitrogen and oxygen atoms in total. The number of aryl methyl sites for hydroxylation is 1. The van der Waals surface area contributed by atoms with E-state index in [0.717, 1.165) is 42.3 Å². The van der Waals surface area contributed by atoms with Crippen LogP contribution >= 0.6 is 0 Å². The second kappa shape index (κ2) is 7.56. The number of hydrogen-bond acceptors (Lipinski definition) is 6. The van der Waals surface area contributed by atoms with Crippen LogP contribution in [0.5, 0.6) is 0 Å². The van der Waals surface area contributed by atoms with Crippen molar-refractivity contribution in [2.75, 3.05) is 13.1 Å². The molecule has 6 heteroatoms. The molecule has 140 valence electrons.